The van der Waals surface area contributed by atoms with Gasteiger partial charge < -0.3 is 10.7 Å². The molecule has 0 amide bonds. The molecule has 0 aliphatic carbocycles. The number of fused-ring (bicyclic) bond motifs is 1. The van der Waals surface area contributed by atoms with Gasteiger partial charge in [-0.25, -0.2) is 13.8 Å². The van der Waals surface area contributed by atoms with Crippen molar-refractivity contribution in [2.75, 3.05) is 11.5 Å². The number of anilines is 1. The van der Waals surface area contributed by atoms with Crippen molar-refractivity contribution in [3.05, 3.63) is 89.6 Å². The van der Waals surface area contributed by atoms with Crippen molar-refractivity contribution in [3.63, 3.8) is 0 Å². The molecule has 8 heteroatoms. The van der Waals surface area contributed by atoms with Crippen molar-refractivity contribution >= 4 is 46.9 Å². The first-order valence-corrected chi connectivity index (χ1v) is 11.7. The number of thioether (sulfide) groups is 1. The number of pyridine rings is 1. The summed E-state index contributed by atoms with van der Waals surface area (Å²) in [4.78, 5) is 21.1. The number of aromatic amines is 1. The topological polar surface area (TPSA) is 71.8 Å². The van der Waals surface area contributed by atoms with Gasteiger partial charge in [-0.2, -0.15) is 12.6 Å². The molecule has 4 aromatic rings. The van der Waals surface area contributed by atoms with Crippen LogP contribution in [-0.2, 0) is 0 Å². The standard InChI is InChI=1S/C22H15F2N3OS.C3H8S/c1-2-29-14-5-3-12(4-6-14)13-9-15-16(11-27-22(15)26-10-13)21(28)19-17(23)7-8-18(25)20(19)24;1-2-3-4/h2-11H,1,25H2,(H,26,27);4H,2-3H2,1H3. The Kier molecular flexibility index (Phi) is 8.30. The van der Waals surface area contributed by atoms with Crippen LogP contribution in [0, 0.1) is 11.6 Å². The lowest BCUT2D eigenvalue weighted by molar-refractivity contribution is 0.103. The molecule has 0 saturated heterocycles. The number of H-pyrrole nitrogens is 1. The van der Waals surface area contributed by atoms with Crippen molar-refractivity contribution in [1.82, 2.24) is 9.97 Å². The zero-order valence-corrected chi connectivity index (χ0v) is 19.6. The predicted molar refractivity (Wildman–Crippen MR) is 136 cm³/mol. The number of nitrogens with zero attached hydrogens (tertiary/aromatic N) is 1. The lowest BCUT2D eigenvalue weighted by Gasteiger charge is -2.07. The maximum atomic E-state index is 14.3. The number of aromatic nitrogens is 2. The van der Waals surface area contributed by atoms with Crippen LogP contribution < -0.4 is 5.73 Å². The molecule has 0 bridgehead atoms. The third-order valence-corrected chi connectivity index (χ3v) is 5.91. The molecule has 33 heavy (non-hydrogen) atoms. The van der Waals surface area contributed by atoms with Crippen LogP contribution in [0.2, 0.25) is 0 Å². The number of hydrogen-bond donors (Lipinski definition) is 3. The number of carbonyl (C=O) groups is 1. The highest BCUT2D eigenvalue weighted by atomic mass is 32.2. The summed E-state index contributed by atoms with van der Waals surface area (Å²) < 4.78 is 28.5. The molecule has 0 unspecified atom stereocenters. The van der Waals surface area contributed by atoms with E-state index in [9.17, 15) is 13.6 Å². The summed E-state index contributed by atoms with van der Waals surface area (Å²) in [6, 6.07) is 11.6. The Hall–Kier alpha value is -3.10. The summed E-state index contributed by atoms with van der Waals surface area (Å²) in [7, 11) is 0. The van der Waals surface area contributed by atoms with Crippen LogP contribution in [-0.4, -0.2) is 21.5 Å². The Balaban J connectivity index is 0.000000709. The first-order valence-electron chi connectivity index (χ1n) is 10.1. The van der Waals surface area contributed by atoms with E-state index in [0.717, 1.165) is 33.9 Å². The van der Waals surface area contributed by atoms with Crippen LogP contribution in [0.4, 0.5) is 14.5 Å². The highest BCUT2D eigenvalue weighted by molar-refractivity contribution is 8.02. The van der Waals surface area contributed by atoms with E-state index in [1.807, 2.05) is 24.3 Å². The van der Waals surface area contributed by atoms with E-state index in [0.29, 0.717) is 11.0 Å². The molecule has 0 fully saturated rings. The highest BCUT2D eigenvalue weighted by Gasteiger charge is 2.23. The van der Waals surface area contributed by atoms with E-state index < -0.39 is 23.0 Å². The molecule has 0 radical (unpaired) electrons. The van der Waals surface area contributed by atoms with Crippen molar-refractivity contribution in [3.8, 4) is 11.1 Å². The number of nitrogens with one attached hydrogen (secondary N) is 1. The molecule has 170 valence electrons. The van der Waals surface area contributed by atoms with Gasteiger partial charge in [0, 0.05) is 33.8 Å². The second-order valence-electron chi connectivity index (χ2n) is 7.01. The van der Waals surface area contributed by atoms with E-state index in [2.05, 4.69) is 36.1 Å². The van der Waals surface area contributed by atoms with E-state index in [-0.39, 0.29) is 11.3 Å². The summed E-state index contributed by atoms with van der Waals surface area (Å²) in [6.07, 6.45) is 4.25. The minimum absolute atomic E-state index is 0.122. The quantitative estimate of drug-likeness (QED) is 0.121. The Morgan fingerprint density at radius 3 is 2.55 bits per heavy atom. The van der Waals surface area contributed by atoms with Crippen molar-refractivity contribution in [2.24, 2.45) is 0 Å². The fraction of sp³-hybridized carbons (Fsp3) is 0.120. The summed E-state index contributed by atoms with van der Waals surface area (Å²) in [6.45, 7) is 5.79. The number of rotatable bonds is 6. The average Bonchev–Trinajstić information content (AvgIpc) is 3.26. The van der Waals surface area contributed by atoms with E-state index in [1.165, 1.54) is 24.4 Å². The number of ketones is 1. The van der Waals surface area contributed by atoms with E-state index in [1.54, 1.807) is 17.7 Å². The smallest absolute Gasteiger partial charge is 0.201 e. The molecule has 2 heterocycles. The van der Waals surface area contributed by atoms with Crippen LogP contribution in [0.1, 0.15) is 29.3 Å². The van der Waals surface area contributed by atoms with Gasteiger partial charge in [0.2, 0.25) is 5.78 Å². The molecule has 4 rings (SSSR count). The first-order chi connectivity index (χ1) is 15.9. The van der Waals surface area contributed by atoms with Crippen LogP contribution in [0.25, 0.3) is 22.2 Å². The molecule has 0 aliphatic heterocycles. The van der Waals surface area contributed by atoms with E-state index in [4.69, 9.17) is 5.73 Å². The fourth-order valence-corrected chi connectivity index (χ4v) is 3.57. The number of benzene rings is 2. The lowest BCUT2D eigenvalue weighted by atomic mass is 10.00. The lowest BCUT2D eigenvalue weighted by Crippen LogP contribution is -2.09. The maximum absolute atomic E-state index is 14.3. The van der Waals surface area contributed by atoms with Crippen molar-refractivity contribution in [1.29, 1.82) is 0 Å². The molecule has 2 aromatic carbocycles. The van der Waals surface area contributed by atoms with Crippen molar-refractivity contribution < 1.29 is 13.6 Å². The number of hydrogen-bond acceptors (Lipinski definition) is 5. The molecule has 2 aromatic heterocycles. The van der Waals surface area contributed by atoms with Crippen LogP contribution in [0.15, 0.2) is 71.7 Å². The number of nitrogen functional groups attached to an aromatic ring is 1. The Morgan fingerprint density at radius 2 is 1.91 bits per heavy atom. The zero-order valence-electron chi connectivity index (χ0n) is 17.9. The molecule has 0 spiro atoms. The largest absolute Gasteiger partial charge is 0.396 e. The van der Waals surface area contributed by atoms with Gasteiger partial charge in [0.25, 0.3) is 0 Å². The van der Waals surface area contributed by atoms with Gasteiger partial charge in [0.05, 0.1) is 11.3 Å². The molecule has 0 aliphatic rings. The first kappa shape index (κ1) is 24.5. The summed E-state index contributed by atoms with van der Waals surface area (Å²) in [5.41, 5.74) is 6.78. The number of halogens is 2. The maximum Gasteiger partial charge on any atom is 0.201 e. The number of carbonyl (C=O) groups excluding carboxylic acids is 1. The molecule has 4 nitrogen and oxygen atoms in total. The van der Waals surface area contributed by atoms with Gasteiger partial charge in [-0.15, -0.1) is 0 Å². The Labute approximate surface area is 200 Å². The van der Waals surface area contributed by atoms with Gasteiger partial charge in [-0.05, 0) is 53.5 Å². The number of nitrogens with two attached hydrogens (primary N) is 1. The third kappa shape index (κ3) is 5.46. The second-order valence-corrected chi connectivity index (χ2v) is 8.50. The minimum Gasteiger partial charge on any atom is -0.396 e. The van der Waals surface area contributed by atoms with Crippen LogP contribution in [0.3, 0.4) is 0 Å². The second kappa shape index (κ2) is 11.2. The molecular formula is C25H23F2N3OS2. The molecular weight excluding hydrogens is 460 g/mol. The Morgan fingerprint density at radius 1 is 1.21 bits per heavy atom. The fourth-order valence-electron chi connectivity index (χ4n) is 3.08. The summed E-state index contributed by atoms with van der Waals surface area (Å²) >= 11 is 5.43. The van der Waals surface area contributed by atoms with E-state index >= 15 is 0 Å². The summed E-state index contributed by atoms with van der Waals surface area (Å²) in [5.74, 6) is -1.81. The zero-order chi connectivity index (χ0) is 24.0. The minimum atomic E-state index is -1.07. The highest BCUT2D eigenvalue weighted by Crippen LogP contribution is 2.29. The van der Waals surface area contributed by atoms with Crippen LogP contribution in [0.5, 0.6) is 0 Å². The van der Waals surface area contributed by atoms with Crippen LogP contribution >= 0.6 is 24.4 Å². The SMILES string of the molecule is C=CSc1ccc(-c2cnc3[nH]cc(C(=O)c4c(F)ccc(N)c4F)c3c2)cc1.CCCS. The van der Waals surface area contributed by atoms with Gasteiger partial charge in [-0.3, -0.25) is 4.79 Å². The predicted octanol–water partition coefficient (Wildman–Crippen LogP) is 6.88. The monoisotopic (exact) mass is 483 g/mol. The molecule has 0 saturated carbocycles. The summed E-state index contributed by atoms with van der Waals surface area (Å²) in [5, 5.41) is 2.22. The molecule has 0 atom stereocenters. The van der Waals surface area contributed by atoms with Gasteiger partial charge in [0.1, 0.15) is 11.5 Å². The molecule has 3 N–H and O–H groups in total. The van der Waals surface area contributed by atoms with Gasteiger partial charge >= 0.3 is 0 Å². The number of thiol groups is 1. The van der Waals surface area contributed by atoms with Gasteiger partial charge in [0.15, 0.2) is 5.82 Å². The normalized spacial score (nSPS) is 10.5. The average molecular weight is 484 g/mol. The van der Waals surface area contributed by atoms with Crippen molar-refractivity contribution in [2.45, 2.75) is 18.2 Å². The third-order valence-electron chi connectivity index (χ3n) is 4.75. The van der Waals surface area contributed by atoms with Gasteiger partial charge in [-0.1, -0.05) is 37.4 Å². The Bertz CT molecular complexity index is 1290.